The molecule has 24 heavy (non-hydrogen) atoms. The van der Waals surface area contributed by atoms with E-state index in [4.69, 9.17) is 21.2 Å². The molecule has 0 spiro atoms. The number of benzene rings is 2. The summed E-state index contributed by atoms with van der Waals surface area (Å²) >= 11 is 5.93. The van der Waals surface area contributed by atoms with Crippen molar-refractivity contribution in [1.29, 1.82) is 0 Å². The van der Waals surface area contributed by atoms with Gasteiger partial charge in [-0.05, 0) is 12.1 Å². The van der Waals surface area contributed by atoms with Crippen LogP contribution in [-0.2, 0) is 14.4 Å². The minimum absolute atomic E-state index is 0.0193. The van der Waals surface area contributed by atoms with E-state index < -0.39 is 5.97 Å². The lowest BCUT2D eigenvalue weighted by Gasteiger charge is -2.12. The molecule has 0 aliphatic heterocycles. The molecule has 0 unspecified atom stereocenters. The van der Waals surface area contributed by atoms with Gasteiger partial charge < -0.3 is 14.7 Å². The molecule has 1 N–H and O–H groups in total. The summed E-state index contributed by atoms with van der Waals surface area (Å²) in [5, 5.41) is 14.1. The standard InChI is InChI=1S/C18H16ClNO4/c1-23-11-16(18(21)22)14-5-3-4-6-15(14)17(20-24-2)12-7-9-13(19)10-8-12/h3-11H,1-2H3,(H,21,22)/b16-11+,20-17+. The monoisotopic (exact) mass is 345 g/mol. The van der Waals surface area contributed by atoms with E-state index in [2.05, 4.69) is 5.16 Å². The summed E-state index contributed by atoms with van der Waals surface area (Å²) in [6, 6.07) is 14.0. The number of aliphatic carboxylic acids is 1. The van der Waals surface area contributed by atoms with Crippen LogP contribution < -0.4 is 0 Å². The predicted octanol–water partition coefficient (Wildman–Crippen LogP) is 3.81. The molecule has 2 aromatic rings. The highest BCUT2D eigenvalue weighted by molar-refractivity contribution is 6.30. The maximum absolute atomic E-state index is 11.6. The van der Waals surface area contributed by atoms with E-state index in [1.54, 1.807) is 48.5 Å². The van der Waals surface area contributed by atoms with Crippen LogP contribution in [0.2, 0.25) is 5.02 Å². The van der Waals surface area contributed by atoms with E-state index >= 15 is 0 Å². The van der Waals surface area contributed by atoms with Gasteiger partial charge in [-0.3, -0.25) is 0 Å². The van der Waals surface area contributed by atoms with Crippen LogP contribution in [0.4, 0.5) is 0 Å². The normalized spacial score (nSPS) is 12.0. The van der Waals surface area contributed by atoms with Crippen molar-refractivity contribution in [1.82, 2.24) is 0 Å². The summed E-state index contributed by atoms with van der Waals surface area (Å²) < 4.78 is 4.90. The summed E-state index contributed by atoms with van der Waals surface area (Å²) in [5.41, 5.74) is 2.33. The van der Waals surface area contributed by atoms with Gasteiger partial charge in [0.05, 0.1) is 13.4 Å². The number of methoxy groups -OCH3 is 1. The Morgan fingerprint density at radius 3 is 2.25 bits per heavy atom. The average Bonchev–Trinajstić information content (AvgIpc) is 2.58. The van der Waals surface area contributed by atoms with Crippen molar-refractivity contribution in [3.05, 3.63) is 76.5 Å². The molecule has 0 aromatic heterocycles. The molecule has 124 valence electrons. The van der Waals surface area contributed by atoms with Crippen LogP contribution in [-0.4, -0.2) is 31.0 Å². The molecular formula is C18H16ClNO4. The fourth-order valence-electron chi connectivity index (χ4n) is 2.23. The second-order valence-electron chi connectivity index (χ2n) is 4.75. The lowest BCUT2D eigenvalue weighted by Crippen LogP contribution is -2.10. The Morgan fingerprint density at radius 1 is 1.08 bits per heavy atom. The molecule has 0 atom stereocenters. The van der Waals surface area contributed by atoms with Gasteiger partial charge in [-0.1, -0.05) is 53.2 Å². The van der Waals surface area contributed by atoms with Crippen LogP contribution in [0, 0.1) is 0 Å². The quantitative estimate of drug-likeness (QED) is 0.374. The smallest absolute Gasteiger partial charge is 0.339 e. The van der Waals surface area contributed by atoms with Gasteiger partial charge in [-0.15, -0.1) is 0 Å². The number of nitrogens with zero attached hydrogens (tertiary/aromatic N) is 1. The lowest BCUT2D eigenvalue weighted by molar-refractivity contribution is -0.130. The third kappa shape index (κ3) is 3.94. The number of carboxylic acid groups (broad SMARTS) is 1. The van der Waals surface area contributed by atoms with Gasteiger partial charge in [0.1, 0.15) is 18.4 Å². The highest BCUT2D eigenvalue weighted by Crippen LogP contribution is 2.24. The fourth-order valence-corrected chi connectivity index (χ4v) is 2.35. The second-order valence-corrected chi connectivity index (χ2v) is 5.18. The van der Waals surface area contributed by atoms with Crippen LogP contribution in [0.5, 0.6) is 0 Å². The lowest BCUT2D eigenvalue weighted by atomic mass is 9.93. The summed E-state index contributed by atoms with van der Waals surface area (Å²) in [5.74, 6) is -1.10. The molecule has 2 aromatic carbocycles. The van der Waals surface area contributed by atoms with Gasteiger partial charge in [-0.2, -0.15) is 0 Å². The number of halogens is 1. The number of hydrogen-bond donors (Lipinski definition) is 1. The largest absolute Gasteiger partial charge is 0.503 e. The van der Waals surface area contributed by atoms with E-state index in [1.165, 1.54) is 20.5 Å². The van der Waals surface area contributed by atoms with Gasteiger partial charge in [-0.25, -0.2) is 4.79 Å². The van der Waals surface area contributed by atoms with Crippen molar-refractivity contribution < 1.29 is 19.5 Å². The Hall–Kier alpha value is -2.79. The van der Waals surface area contributed by atoms with E-state index in [9.17, 15) is 9.90 Å². The van der Waals surface area contributed by atoms with Crippen LogP contribution in [0.15, 0.2) is 59.9 Å². The zero-order valence-electron chi connectivity index (χ0n) is 13.2. The molecular weight excluding hydrogens is 330 g/mol. The van der Waals surface area contributed by atoms with Crippen LogP contribution in [0.3, 0.4) is 0 Å². The predicted molar refractivity (Wildman–Crippen MR) is 93.2 cm³/mol. The topological polar surface area (TPSA) is 68.1 Å². The minimum atomic E-state index is -1.10. The van der Waals surface area contributed by atoms with Crippen molar-refractivity contribution in [2.45, 2.75) is 0 Å². The van der Waals surface area contributed by atoms with Crippen molar-refractivity contribution in [3.8, 4) is 0 Å². The first kappa shape index (κ1) is 17.6. The molecule has 5 nitrogen and oxygen atoms in total. The number of carbonyl (C=O) groups is 1. The van der Waals surface area contributed by atoms with Gasteiger partial charge in [0.15, 0.2) is 0 Å². The SMILES string of the molecule is CO/C=C(/C(=O)O)c1ccccc1/C(=N/OC)c1ccc(Cl)cc1. The molecule has 0 aliphatic carbocycles. The summed E-state index contributed by atoms with van der Waals surface area (Å²) in [6.07, 6.45) is 1.19. The molecule has 0 amide bonds. The molecule has 0 radical (unpaired) electrons. The van der Waals surface area contributed by atoms with Crippen LogP contribution in [0.25, 0.3) is 5.57 Å². The van der Waals surface area contributed by atoms with Crippen LogP contribution in [0.1, 0.15) is 16.7 Å². The first-order chi connectivity index (χ1) is 11.6. The van der Waals surface area contributed by atoms with Crippen molar-refractivity contribution in [2.24, 2.45) is 5.16 Å². The van der Waals surface area contributed by atoms with Gasteiger partial charge in [0, 0.05) is 21.7 Å². The maximum atomic E-state index is 11.6. The van der Waals surface area contributed by atoms with E-state index in [-0.39, 0.29) is 5.57 Å². The highest BCUT2D eigenvalue weighted by Gasteiger charge is 2.19. The third-order valence-corrected chi connectivity index (χ3v) is 3.49. The Morgan fingerprint density at radius 2 is 1.71 bits per heavy atom. The Kier molecular flexibility index (Phi) is 5.98. The molecule has 0 fully saturated rings. The Labute approximate surface area is 144 Å². The summed E-state index contributed by atoms with van der Waals surface area (Å²) in [4.78, 5) is 16.5. The molecule has 0 bridgehead atoms. The van der Waals surface area contributed by atoms with Gasteiger partial charge in [0.25, 0.3) is 0 Å². The highest BCUT2D eigenvalue weighted by atomic mass is 35.5. The molecule has 0 heterocycles. The molecule has 0 saturated carbocycles. The third-order valence-electron chi connectivity index (χ3n) is 3.24. The zero-order valence-corrected chi connectivity index (χ0v) is 13.9. The zero-order chi connectivity index (χ0) is 17.5. The minimum Gasteiger partial charge on any atom is -0.503 e. The number of rotatable bonds is 6. The molecule has 0 saturated heterocycles. The Bertz CT molecular complexity index is 782. The first-order valence-corrected chi connectivity index (χ1v) is 7.39. The average molecular weight is 346 g/mol. The molecule has 6 heteroatoms. The maximum Gasteiger partial charge on any atom is 0.339 e. The van der Waals surface area contributed by atoms with Crippen molar-refractivity contribution in [3.63, 3.8) is 0 Å². The van der Waals surface area contributed by atoms with E-state index in [1.807, 2.05) is 0 Å². The van der Waals surface area contributed by atoms with Gasteiger partial charge in [0.2, 0.25) is 0 Å². The summed E-state index contributed by atoms with van der Waals surface area (Å²) in [6.45, 7) is 0. The van der Waals surface area contributed by atoms with E-state index in [0.717, 1.165) is 5.56 Å². The first-order valence-electron chi connectivity index (χ1n) is 7.01. The number of hydrogen-bond acceptors (Lipinski definition) is 4. The molecule has 2 rings (SSSR count). The van der Waals surface area contributed by atoms with E-state index in [0.29, 0.717) is 21.9 Å². The van der Waals surface area contributed by atoms with Crippen molar-refractivity contribution in [2.75, 3.05) is 14.2 Å². The Balaban J connectivity index is 2.65. The van der Waals surface area contributed by atoms with Gasteiger partial charge >= 0.3 is 5.97 Å². The van der Waals surface area contributed by atoms with Crippen molar-refractivity contribution >= 4 is 28.9 Å². The fraction of sp³-hybridized carbons (Fsp3) is 0.111. The molecule has 0 aliphatic rings. The summed E-state index contributed by atoms with van der Waals surface area (Å²) in [7, 11) is 2.83. The van der Waals surface area contributed by atoms with Crippen LogP contribution >= 0.6 is 11.6 Å². The number of carboxylic acids is 1. The second kappa shape index (κ2) is 8.17. The number of oxime groups is 1. The number of ether oxygens (including phenoxy) is 1.